The molecule has 0 bridgehead atoms. The van der Waals surface area contributed by atoms with E-state index >= 15 is 0 Å². The van der Waals surface area contributed by atoms with Crippen molar-refractivity contribution >= 4 is 11.0 Å². The highest BCUT2D eigenvalue weighted by Crippen LogP contribution is 2.23. The summed E-state index contributed by atoms with van der Waals surface area (Å²) in [6.07, 6.45) is -0.0111. The highest BCUT2D eigenvalue weighted by molar-refractivity contribution is 5.79. The average molecular weight is 219 g/mol. The highest BCUT2D eigenvalue weighted by Gasteiger charge is 2.14. The van der Waals surface area contributed by atoms with Gasteiger partial charge in [-0.05, 0) is 18.6 Å². The minimum absolute atomic E-state index is 0.0111. The maximum Gasteiger partial charge on any atom is 0.138 e. The van der Waals surface area contributed by atoms with E-state index in [4.69, 9.17) is 10.5 Å². The molecule has 4 heteroatoms. The number of hydrogen-bond donors (Lipinski definition) is 1. The van der Waals surface area contributed by atoms with Crippen LogP contribution >= 0.6 is 0 Å². The zero-order valence-corrected chi connectivity index (χ0v) is 9.90. The fourth-order valence-corrected chi connectivity index (χ4v) is 1.92. The zero-order valence-electron chi connectivity index (χ0n) is 9.90. The summed E-state index contributed by atoms with van der Waals surface area (Å²) in [5.74, 6) is 0.929. The zero-order chi connectivity index (χ0) is 11.7. The second-order valence-corrected chi connectivity index (χ2v) is 3.90. The quantitative estimate of drug-likeness (QED) is 0.855. The molecule has 0 saturated heterocycles. The van der Waals surface area contributed by atoms with Crippen LogP contribution in [0.15, 0.2) is 18.2 Å². The Balaban J connectivity index is 2.67. The number of fused-ring (bicyclic) bond motifs is 1. The number of imidazole rings is 1. The van der Waals surface area contributed by atoms with Gasteiger partial charge in [0.1, 0.15) is 11.9 Å². The molecule has 0 aliphatic carbocycles. The highest BCUT2D eigenvalue weighted by atomic mass is 16.5. The van der Waals surface area contributed by atoms with Crippen LogP contribution in [0.5, 0.6) is 0 Å². The molecule has 4 nitrogen and oxygen atoms in total. The molecular weight excluding hydrogens is 202 g/mol. The molecule has 1 aromatic heterocycles. The predicted molar refractivity (Wildman–Crippen MR) is 64.0 cm³/mol. The normalized spacial score (nSPS) is 13.2. The number of rotatable bonds is 3. The lowest BCUT2D eigenvalue weighted by Gasteiger charge is -2.08. The van der Waals surface area contributed by atoms with Crippen LogP contribution in [0.25, 0.3) is 11.0 Å². The number of benzene rings is 1. The first-order valence-electron chi connectivity index (χ1n) is 5.36. The molecule has 0 amide bonds. The van der Waals surface area contributed by atoms with Crippen molar-refractivity contribution in [2.24, 2.45) is 12.8 Å². The largest absolute Gasteiger partial charge is 0.374 e. The molecule has 0 radical (unpaired) electrons. The van der Waals surface area contributed by atoms with E-state index in [0.29, 0.717) is 6.54 Å². The Hall–Kier alpha value is -1.39. The Kier molecular flexibility index (Phi) is 2.94. The third-order valence-corrected chi connectivity index (χ3v) is 2.97. The van der Waals surface area contributed by atoms with Gasteiger partial charge in [-0.25, -0.2) is 4.98 Å². The maximum absolute atomic E-state index is 5.70. The lowest BCUT2D eigenvalue weighted by Crippen LogP contribution is -2.04. The molecule has 1 heterocycles. The molecule has 0 aliphatic heterocycles. The molecule has 1 aromatic carbocycles. The number of para-hydroxylation sites is 1. The standard InChI is InChI=1S/C12H17N3O/c1-8(16-3)12-14-11-9(7-13)5-4-6-10(11)15(12)2/h4-6,8H,7,13H2,1-3H3. The van der Waals surface area contributed by atoms with Gasteiger partial charge in [-0.2, -0.15) is 0 Å². The van der Waals surface area contributed by atoms with Gasteiger partial charge in [0.15, 0.2) is 0 Å². The maximum atomic E-state index is 5.70. The Labute approximate surface area is 95.0 Å². The SMILES string of the molecule is COC(C)c1nc2c(CN)cccc2n1C. The van der Waals surface area contributed by atoms with E-state index in [1.54, 1.807) is 7.11 Å². The number of nitrogens with zero attached hydrogens (tertiary/aromatic N) is 2. The summed E-state index contributed by atoms with van der Waals surface area (Å²) in [6.45, 7) is 2.50. The molecule has 2 aromatic rings. The van der Waals surface area contributed by atoms with Crippen molar-refractivity contribution in [3.63, 3.8) is 0 Å². The summed E-state index contributed by atoms with van der Waals surface area (Å²) >= 11 is 0. The Morgan fingerprint density at radius 1 is 1.50 bits per heavy atom. The smallest absolute Gasteiger partial charge is 0.138 e. The van der Waals surface area contributed by atoms with Gasteiger partial charge >= 0.3 is 0 Å². The first-order valence-corrected chi connectivity index (χ1v) is 5.36. The molecule has 2 N–H and O–H groups in total. The average Bonchev–Trinajstić information content (AvgIpc) is 2.66. The van der Waals surface area contributed by atoms with E-state index in [1.807, 2.05) is 32.2 Å². The fourth-order valence-electron chi connectivity index (χ4n) is 1.92. The summed E-state index contributed by atoms with van der Waals surface area (Å²) < 4.78 is 7.36. The van der Waals surface area contributed by atoms with E-state index in [2.05, 4.69) is 9.55 Å². The van der Waals surface area contributed by atoms with E-state index in [0.717, 1.165) is 22.4 Å². The van der Waals surface area contributed by atoms with Crippen molar-refractivity contribution in [3.8, 4) is 0 Å². The Morgan fingerprint density at radius 2 is 2.25 bits per heavy atom. The van der Waals surface area contributed by atoms with Crippen molar-refractivity contribution in [2.45, 2.75) is 19.6 Å². The molecule has 1 unspecified atom stereocenters. The van der Waals surface area contributed by atoms with Crippen LogP contribution < -0.4 is 5.73 Å². The topological polar surface area (TPSA) is 53.1 Å². The van der Waals surface area contributed by atoms with Crippen LogP contribution in [-0.2, 0) is 18.3 Å². The summed E-state index contributed by atoms with van der Waals surface area (Å²) in [5, 5.41) is 0. The van der Waals surface area contributed by atoms with Crippen LogP contribution in [0.2, 0.25) is 0 Å². The first kappa shape index (κ1) is 11.1. The third kappa shape index (κ3) is 1.60. The Bertz CT molecular complexity index is 504. The van der Waals surface area contributed by atoms with Crippen molar-refractivity contribution < 1.29 is 4.74 Å². The van der Waals surface area contributed by atoms with Crippen LogP contribution in [0.4, 0.5) is 0 Å². The lowest BCUT2D eigenvalue weighted by molar-refractivity contribution is 0.110. The number of nitrogens with two attached hydrogens (primary N) is 1. The van der Waals surface area contributed by atoms with Crippen LogP contribution in [0, 0.1) is 0 Å². The minimum atomic E-state index is -0.0111. The summed E-state index contributed by atoms with van der Waals surface area (Å²) in [5.41, 5.74) is 8.85. The van der Waals surface area contributed by atoms with E-state index < -0.39 is 0 Å². The van der Waals surface area contributed by atoms with Crippen molar-refractivity contribution in [3.05, 3.63) is 29.6 Å². The van der Waals surface area contributed by atoms with Crippen molar-refractivity contribution in [1.29, 1.82) is 0 Å². The predicted octanol–water partition coefficient (Wildman–Crippen LogP) is 1.74. The molecule has 1 atom stereocenters. The van der Waals surface area contributed by atoms with Gasteiger partial charge in [-0.15, -0.1) is 0 Å². The second-order valence-electron chi connectivity index (χ2n) is 3.90. The molecule has 86 valence electrons. The summed E-state index contributed by atoms with van der Waals surface area (Å²) in [6, 6.07) is 6.07. The van der Waals surface area contributed by atoms with Crippen molar-refractivity contribution in [2.75, 3.05) is 7.11 Å². The van der Waals surface area contributed by atoms with E-state index in [9.17, 15) is 0 Å². The van der Waals surface area contributed by atoms with Gasteiger partial charge < -0.3 is 15.0 Å². The van der Waals surface area contributed by atoms with Gasteiger partial charge in [0.05, 0.1) is 11.0 Å². The number of aryl methyl sites for hydroxylation is 1. The number of methoxy groups -OCH3 is 1. The summed E-state index contributed by atoms with van der Waals surface area (Å²) in [7, 11) is 3.69. The van der Waals surface area contributed by atoms with E-state index in [-0.39, 0.29) is 6.10 Å². The van der Waals surface area contributed by atoms with Crippen LogP contribution in [0.3, 0.4) is 0 Å². The summed E-state index contributed by atoms with van der Waals surface area (Å²) in [4.78, 5) is 4.61. The monoisotopic (exact) mass is 219 g/mol. The van der Waals surface area contributed by atoms with Gasteiger partial charge in [0.2, 0.25) is 0 Å². The molecular formula is C12H17N3O. The number of hydrogen-bond acceptors (Lipinski definition) is 3. The third-order valence-electron chi connectivity index (χ3n) is 2.97. The lowest BCUT2D eigenvalue weighted by atomic mass is 10.2. The molecule has 16 heavy (non-hydrogen) atoms. The molecule has 0 spiro atoms. The fraction of sp³-hybridized carbons (Fsp3) is 0.417. The van der Waals surface area contributed by atoms with Crippen LogP contribution in [0.1, 0.15) is 24.4 Å². The second kappa shape index (κ2) is 4.23. The molecule has 0 fully saturated rings. The van der Waals surface area contributed by atoms with Gasteiger partial charge in [0.25, 0.3) is 0 Å². The van der Waals surface area contributed by atoms with Gasteiger partial charge in [-0.3, -0.25) is 0 Å². The Morgan fingerprint density at radius 3 is 2.88 bits per heavy atom. The number of aromatic nitrogens is 2. The van der Waals surface area contributed by atoms with Crippen LogP contribution in [-0.4, -0.2) is 16.7 Å². The van der Waals surface area contributed by atoms with Gasteiger partial charge in [0, 0.05) is 20.7 Å². The first-order chi connectivity index (χ1) is 7.69. The molecule has 0 aliphatic rings. The molecule has 2 rings (SSSR count). The van der Waals surface area contributed by atoms with Gasteiger partial charge in [-0.1, -0.05) is 12.1 Å². The number of ether oxygens (including phenoxy) is 1. The minimum Gasteiger partial charge on any atom is -0.374 e. The van der Waals surface area contributed by atoms with E-state index in [1.165, 1.54) is 0 Å². The van der Waals surface area contributed by atoms with Crippen molar-refractivity contribution in [1.82, 2.24) is 9.55 Å². The molecule has 0 saturated carbocycles.